The molecule has 2 rings (SSSR count). The van der Waals surface area contributed by atoms with Crippen molar-refractivity contribution in [3.05, 3.63) is 45.9 Å². The number of aromatic carboxylic acids is 1. The Kier molecular flexibility index (Phi) is 4.12. The van der Waals surface area contributed by atoms with Crippen LogP contribution in [0.5, 0.6) is 0 Å². The molecule has 110 valence electrons. The number of hydrogen-bond donors (Lipinski definition) is 2. The summed E-state index contributed by atoms with van der Waals surface area (Å²) >= 11 is 0. The van der Waals surface area contributed by atoms with E-state index in [0.717, 1.165) is 17.8 Å². The second-order valence-electron chi connectivity index (χ2n) is 4.28. The summed E-state index contributed by atoms with van der Waals surface area (Å²) in [6.07, 6.45) is 2.33. The minimum atomic E-state index is -1.24. The molecule has 2 aromatic rings. The maximum absolute atomic E-state index is 10.9. The van der Waals surface area contributed by atoms with Gasteiger partial charge in [-0.15, -0.1) is 0 Å². The fourth-order valence-electron chi connectivity index (χ4n) is 1.75. The van der Waals surface area contributed by atoms with E-state index in [2.05, 4.69) is 15.4 Å². The van der Waals surface area contributed by atoms with Crippen LogP contribution in [0.25, 0.3) is 0 Å². The molecule has 2 N–H and O–H groups in total. The van der Waals surface area contributed by atoms with Gasteiger partial charge < -0.3 is 10.4 Å². The van der Waals surface area contributed by atoms with E-state index in [-0.39, 0.29) is 17.2 Å². The lowest BCUT2D eigenvalue weighted by Crippen LogP contribution is -2.11. The highest BCUT2D eigenvalue weighted by Crippen LogP contribution is 2.22. The van der Waals surface area contributed by atoms with Crippen LogP contribution in [0, 0.1) is 10.1 Å². The van der Waals surface area contributed by atoms with Gasteiger partial charge in [0.05, 0.1) is 10.6 Å². The molecule has 9 nitrogen and oxygen atoms in total. The van der Waals surface area contributed by atoms with E-state index in [0.29, 0.717) is 13.0 Å². The number of rotatable bonds is 6. The van der Waals surface area contributed by atoms with Crippen molar-refractivity contribution < 1.29 is 14.8 Å². The van der Waals surface area contributed by atoms with Crippen LogP contribution in [-0.2, 0) is 13.5 Å². The molecule has 2 aromatic heterocycles. The Morgan fingerprint density at radius 3 is 2.81 bits per heavy atom. The maximum atomic E-state index is 10.9. The molecule has 0 unspecified atom stereocenters. The van der Waals surface area contributed by atoms with Crippen LogP contribution < -0.4 is 5.32 Å². The zero-order valence-electron chi connectivity index (χ0n) is 11.2. The number of aryl methyl sites for hydroxylation is 1. The van der Waals surface area contributed by atoms with Crippen molar-refractivity contribution in [3.8, 4) is 0 Å². The van der Waals surface area contributed by atoms with Gasteiger partial charge in [-0.05, 0) is 12.1 Å². The van der Waals surface area contributed by atoms with Gasteiger partial charge in [0.2, 0.25) is 5.82 Å². The molecular weight excluding hydrogens is 278 g/mol. The Hall–Kier alpha value is -2.97. The first-order chi connectivity index (χ1) is 9.97. The molecule has 0 aliphatic heterocycles. The Bertz CT molecular complexity index is 682. The predicted molar refractivity (Wildman–Crippen MR) is 73.3 cm³/mol. The second kappa shape index (κ2) is 5.99. The van der Waals surface area contributed by atoms with E-state index < -0.39 is 10.9 Å². The van der Waals surface area contributed by atoms with Crippen LogP contribution in [-0.4, -0.2) is 37.3 Å². The van der Waals surface area contributed by atoms with E-state index in [9.17, 15) is 14.9 Å². The summed E-state index contributed by atoms with van der Waals surface area (Å²) in [5, 5.41) is 26.7. The Labute approximate surface area is 119 Å². The van der Waals surface area contributed by atoms with E-state index >= 15 is 0 Å². The highest BCUT2D eigenvalue weighted by molar-refractivity contribution is 5.86. The fraction of sp³-hybridized carbons (Fsp3) is 0.250. The second-order valence-corrected chi connectivity index (χ2v) is 4.28. The minimum absolute atomic E-state index is 0.0594. The number of carboxylic acid groups (broad SMARTS) is 1. The number of anilines is 1. The molecule has 21 heavy (non-hydrogen) atoms. The van der Waals surface area contributed by atoms with Gasteiger partial charge in [0, 0.05) is 32.3 Å². The van der Waals surface area contributed by atoms with Crippen molar-refractivity contribution in [2.24, 2.45) is 7.05 Å². The van der Waals surface area contributed by atoms with Crippen LogP contribution >= 0.6 is 0 Å². The van der Waals surface area contributed by atoms with Crippen molar-refractivity contribution >= 4 is 17.5 Å². The molecule has 0 radical (unpaired) electrons. The van der Waals surface area contributed by atoms with Crippen LogP contribution in [0.4, 0.5) is 11.5 Å². The first-order valence-electron chi connectivity index (χ1n) is 6.08. The largest absolute Gasteiger partial charge is 0.477 e. The van der Waals surface area contributed by atoms with Gasteiger partial charge in [-0.2, -0.15) is 5.10 Å². The topological polar surface area (TPSA) is 123 Å². The molecule has 0 fully saturated rings. The smallest absolute Gasteiger partial charge is 0.354 e. The fourth-order valence-corrected chi connectivity index (χ4v) is 1.75. The number of aromatic nitrogens is 3. The van der Waals surface area contributed by atoms with Gasteiger partial charge in [0.15, 0.2) is 5.69 Å². The highest BCUT2D eigenvalue weighted by atomic mass is 16.6. The molecule has 0 amide bonds. The third-order valence-corrected chi connectivity index (χ3v) is 2.73. The summed E-state index contributed by atoms with van der Waals surface area (Å²) in [4.78, 5) is 24.9. The van der Waals surface area contributed by atoms with E-state index in [1.807, 2.05) is 6.07 Å². The summed E-state index contributed by atoms with van der Waals surface area (Å²) in [7, 11) is 1.79. The van der Waals surface area contributed by atoms with Crippen molar-refractivity contribution in [2.75, 3.05) is 11.9 Å². The lowest BCUT2D eigenvalue weighted by atomic mass is 10.3. The highest BCUT2D eigenvalue weighted by Gasteiger charge is 2.18. The third kappa shape index (κ3) is 3.53. The minimum Gasteiger partial charge on any atom is -0.477 e. The first kappa shape index (κ1) is 14.4. The van der Waals surface area contributed by atoms with E-state index in [1.54, 1.807) is 17.9 Å². The van der Waals surface area contributed by atoms with Gasteiger partial charge in [0.25, 0.3) is 0 Å². The molecule has 0 bridgehead atoms. The van der Waals surface area contributed by atoms with Crippen molar-refractivity contribution in [2.45, 2.75) is 6.42 Å². The Morgan fingerprint density at radius 2 is 2.24 bits per heavy atom. The standard InChI is InChI=1S/C12H13N5O4/c1-16-7-5-8(15-16)4-6-13-11-10(17(20)21)3-2-9(14-11)12(18)19/h2-3,5,7H,4,6H2,1H3,(H,13,14)(H,18,19). The molecule has 0 aliphatic rings. The molecule has 0 aromatic carbocycles. The molecule has 9 heteroatoms. The predicted octanol–water partition coefficient (Wildman–Crippen LogP) is 1.08. The summed E-state index contributed by atoms with van der Waals surface area (Å²) < 4.78 is 1.65. The average molecular weight is 291 g/mol. The third-order valence-electron chi connectivity index (χ3n) is 2.73. The normalized spacial score (nSPS) is 10.3. The number of pyridine rings is 1. The first-order valence-corrected chi connectivity index (χ1v) is 6.08. The van der Waals surface area contributed by atoms with Crippen molar-refractivity contribution in [1.29, 1.82) is 0 Å². The molecule has 0 spiro atoms. The molecule has 0 aliphatic carbocycles. The molecular formula is C12H13N5O4. The monoisotopic (exact) mass is 291 g/mol. The number of nitrogens with zero attached hydrogens (tertiary/aromatic N) is 4. The molecule has 0 saturated heterocycles. The summed E-state index contributed by atoms with van der Waals surface area (Å²) in [6.45, 7) is 0.355. The van der Waals surface area contributed by atoms with Crippen LogP contribution in [0.15, 0.2) is 24.4 Å². The number of carbonyl (C=O) groups is 1. The van der Waals surface area contributed by atoms with Crippen LogP contribution in [0.1, 0.15) is 16.2 Å². The Morgan fingerprint density at radius 1 is 1.48 bits per heavy atom. The van der Waals surface area contributed by atoms with Gasteiger partial charge in [-0.3, -0.25) is 14.8 Å². The zero-order valence-corrected chi connectivity index (χ0v) is 11.2. The van der Waals surface area contributed by atoms with Gasteiger partial charge >= 0.3 is 11.7 Å². The summed E-state index contributed by atoms with van der Waals surface area (Å²) in [6, 6.07) is 4.06. The van der Waals surface area contributed by atoms with Gasteiger partial charge in [-0.1, -0.05) is 0 Å². The van der Waals surface area contributed by atoms with E-state index in [4.69, 9.17) is 5.11 Å². The lowest BCUT2D eigenvalue weighted by Gasteiger charge is -2.06. The van der Waals surface area contributed by atoms with Gasteiger partial charge in [-0.25, -0.2) is 9.78 Å². The molecule has 0 atom stereocenters. The molecule has 0 saturated carbocycles. The Balaban J connectivity index is 2.11. The lowest BCUT2D eigenvalue weighted by molar-refractivity contribution is -0.384. The number of carboxylic acids is 1. The van der Waals surface area contributed by atoms with Crippen molar-refractivity contribution in [3.63, 3.8) is 0 Å². The summed E-state index contributed by atoms with van der Waals surface area (Å²) in [5.41, 5.74) is 0.309. The molecule has 2 heterocycles. The average Bonchev–Trinajstić information content (AvgIpc) is 2.84. The quantitative estimate of drug-likeness (QED) is 0.602. The SMILES string of the molecule is Cn1ccc(CCNc2nc(C(=O)O)ccc2[N+](=O)[O-])n1. The summed E-state index contributed by atoms with van der Waals surface area (Å²) in [5.74, 6) is -1.30. The van der Waals surface area contributed by atoms with Crippen LogP contribution in [0.2, 0.25) is 0 Å². The maximum Gasteiger partial charge on any atom is 0.354 e. The zero-order chi connectivity index (χ0) is 15.4. The number of nitrogens with one attached hydrogen (secondary N) is 1. The number of nitro groups is 1. The van der Waals surface area contributed by atoms with Crippen LogP contribution in [0.3, 0.4) is 0 Å². The van der Waals surface area contributed by atoms with Crippen molar-refractivity contribution in [1.82, 2.24) is 14.8 Å². The van der Waals surface area contributed by atoms with Gasteiger partial charge in [0.1, 0.15) is 0 Å². The number of hydrogen-bond acceptors (Lipinski definition) is 6. The van der Waals surface area contributed by atoms with E-state index in [1.165, 1.54) is 0 Å².